The van der Waals surface area contributed by atoms with Gasteiger partial charge in [-0.2, -0.15) is 11.8 Å². The number of H-pyrrole nitrogens is 1. The van der Waals surface area contributed by atoms with Crippen molar-refractivity contribution in [3.05, 3.63) is 50.4 Å². The predicted molar refractivity (Wildman–Crippen MR) is 103 cm³/mol. The molecular weight excluding hydrogens is 389 g/mol. The summed E-state index contributed by atoms with van der Waals surface area (Å²) in [6.45, 7) is 2.04. The maximum absolute atomic E-state index is 12.0. The van der Waals surface area contributed by atoms with Crippen LogP contribution in [0.25, 0.3) is 0 Å². The number of nitrogens with one attached hydrogen (secondary N) is 2. The summed E-state index contributed by atoms with van der Waals surface area (Å²) in [6.07, 6.45) is 0. The minimum atomic E-state index is -0.250. The van der Waals surface area contributed by atoms with Gasteiger partial charge in [-0.25, -0.2) is 4.98 Å². The first-order valence-electron chi connectivity index (χ1n) is 7.03. The molecule has 0 saturated carbocycles. The number of amides is 1. The van der Waals surface area contributed by atoms with E-state index in [-0.39, 0.29) is 17.2 Å². The van der Waals surface area contributed by atoms with Crippen LogP contribution in [0.5, 0.6) is 0 Å². The number of rotatable bonds is 7. The van der Waals surface area contributed by atoms with Gasteiger partial charge in [-0.1, -0.05) is 41.9 Å². The highest BCUT2D eigenvalue weighted by molar-refractivity contribution is 7.99. The van der Waals surface area contributed by atoms with Gasteiger partial charge >= 0.3 is 0 Å². The number of thioether (sulfide) groups is 2. The van der Waals surface area contributed by atoms with Gasteiger partial charge in [0.1, 0.15) is 0 Å². The molecule has 1 amide bonds. The van der Waals surface area contributed by atoms with E-state index in [0.717, 1.165) is 17.5 Å². The van der Waals surface area contributed by atoms with Crippen molar-refractivity contribution in [2.75, 3.05) is 16.8 Å². The van der Waals surface area contributed by atoms with Crippen molar-refractivity contribution in [3.63, 3.8) is 0 Å². The number of nitrogens with zero attached hydrogens (tertiary/aromatic N) is 1. The van der Waals surface area contributed by atoms with Crippen LogP contribution in [-0.4, -0.2) is 27.4 Å². The van der Waals surface area contributed by atoms with Crippen molar-refractivity contribution in [2.45, 2.75) is 17.8 Å². The Labute approximate surface area is 157 Å². The number of aromatic amines is 1. The maximum atomic E-state index is 12.0. The number of benzene rings is 1. The second-order valence-electron chi connectivity index (χ2n) is 4.64. The average molecular weight is 404 g/mol. The van der Waals surface area contributed by atoms with Crippen molar-refractivity contribution >= 4 is 58.3 Å². The summed E-state index contributed by atoms with van der Waals surface area (Å²) in [6, 6.07) is 6.31. The van der Waals surface area contributed by atoms with E-state index in [1.807, 2.05) is 6.92 Å². The number of halogens is 2. The van der Waals surface area contributed by atoms with E-state index in [1.54, 1.807) is 30.0 Å². The number of anilines is 1. The lowest BCUT2D eigenvalue weighted by atomic mass is 10.3. The van der Waals surface area contributed by atoms with E-state index in [9.17, 15) is 9.59 Å². The van der Waals surface area contributed by atoms with Crippen LogP contribution in [0.4, 0.5) is 5.69 Å². The van der Waals surface area contributed by atoms with Gasteiger partial charge in [-0.3, -0.25) is 9.59 Å². The van der Waals surface area contributed by atoms with Gasteiger partial charge in [0.05, 0.1) is 22.2 Å². The normalized spacial score (nSPS) is 10.6. The molecule has 5 nitrogen and oxygen atoms in total. The van der Waals surface area contributed by atoms with Gasteiger partial charge in [-0.15, -0.1) is 0 Å². The summed E-state index contributed by atoms with van der Waals surface area (Å²) >= 11 is 14.7. The highest BCUT2D eigenvalue weighted by atomic mass is 35.5. The number of hydrogen-bond donors (Lipinski definition) is 2. The highest BCUT2D eigenvalue weighted by Gasteiger charge is 2.09. The molecular formula is C15H15Cl2N3O2S2. The SMILES string of the molecule is CCSCc1cc(=O)[nH]c(SCC(=O)Nc2ccc(Cl)cc2Cl)n1. The second kappa shape index (κ2) is 9.36. The van der Waals surface area contributed by atoms with E-state index in [4.69, 9.17) is 23.2 Å². The van der Waals surface area contributed by atoms with E-state index >= 15 is 0 Å². The number of carbonyl (C=O) groups excluding carboxylic acids is 1. The first-order valence-corrected chi connectivity index (χ1v) is 9.93. The fraction of sp³-hybridized carbons (Fsp3) is 0.267. The van der Waals surface area contributed by atoms with Crippen LogP contribution in [0.3, 0.4) is 0 Å². The fourth-order valence-electron chi connectivity index (χ4n) is 1.74. The molecule has 2 aromatic rings. The minimum absolute atomic E-state index is 0.103. The second-order valence-corrected chi connectivity index (χ2v) is 7.72. The Hall–Kier alpha value is -1.15. The topological polar surface area (TPSA) is 74.8 Å². The third kappa shape index (κ3) is 6.05. The molecule has 0 bridgehead atoms. The average Bonchev–Trinajstić information content (AvgIpc) is 2.53. The van der Waals surface area contributed by atoms with Crippen LogP contribution >= 0.6 is 46.7 Å². The molecule has 2 N–H and O–H groups in total. The summed E-state index contributed by atoms with van der Waals surface area (Å²) < 4.78 is 0. The Morgan fingerprint density at radius 2 is 2.12 bits per heavy atom. The molecule has 0 aliphatic heterocycles. The summed E-state index contributed by atoms with van der Waals surface area (Å²) in [5, 5.41) is 3.98. The van der Waals surface area contributed by atoms with Crippen LogP contribution in [0.2, 0.25) is 10.0 Å². The standard InChI is InChI=1S/C15H15Cl2N3O2S2/c1-2-23-7-10-6-13(21)20-15(18-10)24-8-14(22)19-12-4-3-9(16)5-11(12)17/h3-6H,2,7-8H2,1H3,(H,19,22)(H,18,20,21). The van der Waals surface area contributed by atoms with Crippen molar-refractivity contribution in [3.8, 4) is 0 Å². The lowest BCUT2D eigenvalue weighted by molar-refractivity contribution is -0.113. The highest BCUT2D eigenvalue weighted by Crippen LogP contribution is 2.25. The van der Waals surface area contributed by atoms with Crippen LogP contribution in [0, 0.1) is 0 Å². The Balaban J connectivity index is 1.96. The molecule has 0 radical (unpaired) electrons. The third-order valence-electron chi connectivity index (χ3n) is 2.77. The smallest absolute Gasteiger partial charge is 0.251 e. The van der Waals surface area contributed by atoms with Crippen LogP contribution < -0.4 is 10.9 Å². The molecule has 128 valence electrons. The zero-order chi connectivity index (χ0) is 17.5. The van der Waals surface area contributed by atoms with E-state index in [0.29, 0.717) is 32.3 Å². The molecule has 0 atom stereocenters. The van der Waals surface area contributed by atoms with Crippen LogP contribution in [0.15, 0.2) is 34.2 Å². The van der Waals surface area contributed by atoms with Crippen LogP contribution in [0.1, 0.15) is 12.6 Å². The van der Waals surface area contributed by atoms with Gasteiger partial charge in [0, 0.05) is 16.8 Å². The summed E-state index contributed by atoms with van der Waals surface area (Å²) in [4.78, 5) is 30.6. The molecule has 0 fully saturated rings. The Morgan fingerprint density at radius 1 is 1.33 bits per heavy atom. The number of hydrogen-bond acceptors (Lipinski definition) is 5. The van der Waals surface area contributed by atoms with E-state index < -0.39 is 0 Å². The summed E-state index contributed by atoms with van der Waals surface area (Å²) in [7, 11) is 0. The van der Waals surface area contributed by atoms with E-state index in [1.165, 1.54) is 6.07 Å². The van der Waals surface area contributed by atoms with Crippen molar-refractivity contribution in [2.24, 2.45) is 0 Å². The van der Waals surface area contributed by atoms with Gasteiger partial charge < -0.3 is 10.3 Å². The Kier molecular flexibility index (Phi) is 7.48. The van der Waals surface area contributed by atoms with Gasteiger partial charge in [0.25, 0.3) is 5.56 Å². The van der Waals surface area contributed by atoms with E-state index in [2.05, 4.69) is 15.3 Å². The van der Waals surface area contributed by atoms with Crippen molar-refractivity contribution in [1.29, 1.82) is 0 Å². The number of carbonyl (C=O) groups is 1. The first kappa shape index (κ1) is 19.2. The fourth-order valence-corrected chi connectivity index (χ4v) is 3.45. The molecule has 1 aromatic heterocycles. The monoisotopic (exact) mass is 403 g/mol. The molecule has 2 rings (SSSR count). The largest absolute Gasteiger partial charge is 0.324 e. The quantitative estimate of drug-likeness (QED) is 0.538. The predicted octanol–water partition coefficient (Wildman–Crippen LogP) is 4.06. The van der Waals surface area contributed by atoms with Gasteiger partial charge in [0.15, 0.2) is 5.16 Å². The molecule has 9 heteroatoms. The zero-order valence-electron chi connectivity index (χ0n) is 12.8. The lowest BCUT2D eigenvalue weighted by Gasteiger charge is -2.07. The molecule has 1 heterocycles. The molecule has 24 heavy (non-hydrogen) atoms. The lowest BCUT2D eigenvalue weighted by Crippen LogP contribution is -2.16. The molecule has 0 aliphatic carbocycles. The zero-order valence-corrected chi connectivity index (χ0v) is 15.9. The molecule has 0 spiro atoms. The van der Waals surface area contributed by atoms with Crippen LogP contribution in [-0.2, 0) is 10.5 Å². The first-order chi connectivity index (χ1) is 11.5. The molecule has 0 saturated heterocycles. The summed E-state index contributed by atoms with van der Waals surface area (Å²) in [5.74, 6) is 1.47. The number of aromatic nitrogens is 2. The van der Waals surface area contributed by atoms with Gasteiger partial charge in [-0.05, 0) is 24.0 Å². The molecule has 0 aliphatic rings. The molecule has 0 unspecified atom stereocenters. The van der Waals surface area contributed by atoms with Gasteiger partial charge in [0.2, 0.25) is 5.91 Å². The Morgan fingerprint density at radius 3 is 2.83 bits per heavy atom. The Bertz CT molecular complexity index is 784. The maximum Gasteiger partial charge on any atom is 0.251 e. The van der Waals surface area contributed by atoms with Crippen molar-refractivity contribution in [1.82, 2.24) is 9.97 Å². The molecule has 1 aromatic carbocycles. The minimum Gasteiger partial charge on any atom is -0.324 e. The van der Waals surface area contributed by atoms with Crippen molar-refractivity contribution < 1.29 is 4.79 Å². The third-order valence-corrected chi connectivity index (χ3v) is 5.10. The summed E-state index contributed by atoms with van der Waals surface area (Å²) in [5.41, 5.74) is 0.968.